The summed E-state index contributed by atoms with van der Waals surface area (Å²) in [5, 5.41) is 14.4. The number of piperidine rings is 1. The average Bonchev–Trinajstić information content (AvgIpc) is 3.28. The van der Waals surface area contributed by atoms with E-state index < -0.39 is 0 Å². The van der Waals surface area contributed by atoms with Crippen LogP contribution in [0.5, 0.6) is 0 Å². The van der Waals surface area contributed by atoms with Gasteiger partial charge in [-0.25, -0.2) is 9.78 Å². The number of nitrogens with one attached hydrogen (secondary N) is 4. The summed E-state index contributed by atoms with van der Waals surface area (Å²) in [6.45, 7) is 2.06. The fourth-order valence-electron chi connectivity index (χ4n) is 4.13. The van der Waals surface area contributed by atoms with Crippen molar-refractivity contribution in [1.82, 2.24) is 14.9 Å². The first-order valence-corrected chi connectivity index (χ1v) is 12.0. The molecule has 2 aliphatic rings. The minimum Gasteiger partial charge on any atom is -0.341 e. The van der Waals surface area contributed by atoms with Crippen LogP contribution in [0.4, 0.5) is 38.6 Å². The number of anilines is 6. The molecule has 1 aromatic carbocycles. The number of likely N-dealkylation sites (tertiary alicyclic amines) is 1. The van der Waals surface area contributed by atoms with E-state index in [1.54, 1.807) is 24.4 Å². The molecule has 2 aromatic heterocycles. The SMILES string of the molecule is CN1CCC(N(C)c2ncc3c(n2)Nc2cc(NC(=O)Nc4cccs4)ccc2NC3=O)CC1. The molecule has 0 aliphatic carbocycles. The number of amides is 3. The Morgan fingerprint density at radius 2 is 2.00 bits per heavy atom. The van der Waals surface area contributed by atoms with Crippen molar-refractivity contribution in [3.63, 3.8) is 0 Å². The normalized spacial score (nSPS) is 15.9. The predicted octanol–water partition coefficient (Wildman–Crippen LogP) is 4.02. The van der Waals surface area contributed by atoms with Crippen molar-refractivity contribution < 1.29 is 9.59 Å². The molecule has 0 radical (unpaired) electrons. The molecule has 1 saturated heterocycles. The second kappa shape index (κ2) is 9.27. The van der Waals surface area contributed by atoms with Crippen molar-refractivity contribution >= 4 is 57.1 Å². The summed E-state index contributed by atoms with van der Waals surface area (Å²) in [6.07, 6.45) is 3.63. The van der Waals surface area contributed by atoms with Gasteiger partial charge in [-0.15, -0.1) is 11.3 Å². The molecule has 176 valence electrons. The van der Waals surface area contributed by atoms with Crippen LogP contribution >= 0.6 is 11.3 Å². The molecular weight excluding hydrogens is 452 g/mol. The second-order valence-corrected chi connectivity index (χ2v) is 9.42. The number of rotatable bonds is 4. The van der Waals surface area contributed by atoms with Crippen LogP contribution in [0.3, 0.4) is 0 Å². The molecule has 0 atom stereocenters. The minimum atomic E-state index is -0.343. The Balaban J connectivity index is 1.36. The first kappa shape index (κ1) is 22.1. The summed E-state index contributed by atoms with van der Waals surface area (Å²) < 4.78 is 0. The second-order valence-electron chi connectivity index (χ2n) is 8.47. The summed E-state index contributed by atoms with van der Waals surface area (Å²) in [5.74, 6) is 0.716. The van der Waals surface area contributed by atoms with Crippen LogP contribution in [0.1, 0.15) is 23.2 Å². The van der Waals surface area contributed by atoms with Crippen molar-refractivity contribution in [2.75, 3.05) is 53.4 Å². The topological polar surface area (TPSA) is 115 Å². The van der Waals surface area contributed by atoms with Crippen LogP contribution in [0.2, 0.25) is 0 Å². The Morgan fingerprint density at radius 1 is 1.18 bits per heavy atom. The van der Waals surface area contributed by atoms with Crippen LogP contribution in [-0.4, -0.2) is 60.0 Å². The molecule has 1 fully saturated rings. The standard InChI is InChI=1S/C23H26N8O2S/c1-30-9-7-15(8-10-30)31(2)22-24-13-16-20(29-22)26-18-12-14(5-6-17(18)27-21(16)32)25-23(33)28-19-4-3-11-34-19/h3-6,11-13,15H,7-10H2,1-2H3,(H,27,32)(H,24,26,29)(H2,25,28,33). The van der Waals surface area contributed by atoms with Gasteiger partial charge in [-0.2, -0.15) is 4.98 Å². The van der Waals surface area contributed by atoms with Gasteiger partial charge in [0.1, 0.15) is 11.4 Å². The fourth-order valence-corrected chi connectivity index (χ4v) is 4.74. The molecule has 4 heterocycles. The number of benzene rings is 1. The van der Waals surface area contributed by atoms with Gasteiger partial charge in [0, 0.05) is 25.0 Å². The molecule has 0 unspecified atom stereocenters. The summed E-state index contributed by atoms with van der Waals surface area (Å²) >= 11 is 1.44. The first-order chi connectivity index (χ1) is 16.5. The molecule has 11 heteroatoms. The molecule has 0 bridgehead atoms. The number of carbonyl (C=O) groups is 2. The van der Waals surface area contributed by atoms with Crippen molar-refractivity contribution in [2.45, 2.75) is 18.9 Å². The number of urea groups is 1. The number of hydrogen-bond donors (Lipinski definition) is 4. The minimum absolute atomic E-state index is 0.286. The van der Waals surface area contributed by atoms with Gasteiger partial charge < -0.3 is 25.8 Å². The van der Waals surface area contributed by atoms with Gasteiger partial charge >= 0.3 is 6.03 Å². The van der Waals surface area contributed by atoms with Crippen molar-refractivity contribution in [1.29, 1.82) is 0 Å². The highest BCUT2D eigenvalue weighted by atomic mass is 32.1. The highest BCUT2D eigenvalue weighted by Gasteiger charge is 2.26. The molecule has 3 aromatic rings. The Bertz CT molecular complexity index is 1210. The van der Waals surface area contributed by atoms with Crippen LogP contribution in [0.15, 0.2) is 41.9 Å². The maximum Gasteiger partial charge on any atom is 0.324 e. The maximum atomic E-state index is 12.8. The third-order valence-electron chi connectivity index (χ3n) is 6.11. The van der Waals surface area contributed by atoms with Gasteiger partial charge in [0.25, 0.3) is 5.91 Å². The number of fused-ring (bicyclic) bond motifs is 2. The zero-order valence-corrected chi connectivity index (χ0v) is 19.8. The Labute approximate surface area is 201 Å². The molecular formula is C23H26N8O2S. The monoisotopic (exact) mass is 478 g/mol. The van der Waals surface area contributed by atoms with Crippen LogP contribution < -0.4 is 26.2 Å². The summed E-state index contributed by atoms with van der Waals surface area (Å²) in [6, 6.07) is 8.94. The Kier molecular flexibility index (Phi) is 6.03. The maximum absolute atomic E-state index is 12.8. The van der Waals surface area contributed by atoms with E-state index in [2.05, 4.69) is 48.1 Å². The highest BCUT2D eigenvalue weighted by molar-refractivity contribution is 7.14. The third-order valence-corrected chi connectivity index (χ3v) is 6.89. The summed E-state index contributed by atoms with van der Waals surface area (Å²) in [7, 11) is 4.13. The predicted molar refractivity (Wildman–Crippen MR) is 136 cm³/mol. The van der Waals surface area contributed by atoms with Crippen molar-refractivity contribution in [3.8, 4) is 0 Å². The van der Waals surface area contributed by atoms with Crippen LogP contribution in [0, 0.1) is 0 Å². The van der Waals surface area contributed by atoms with Crippen LogP contribution in [-0.2, 0) is 0 Å². The Hall–Kier alpha value is -3.70. The molecule has 4 N–H and O–H groups in total. The van der Waals surface area contributed by atoms with Crippen molar-refractivity contribution in [3.05, 3.63) is 47.5 Å². The van der Waals surface area contributed by atoms with E-state index in [-0.39, 0.29) is 11.9 Å². The lowest BCUT2D eigenvalue weighted by Crippen LogP contribution is -2.42. The number of aromatic nitrogens is 2. The zero-order valence-electron chi connectivity index (χ0n) is 19.0. The largest absolute Gasteiger partial charge is 0.341 e. The van der Waals surface area contributed by atoms with Crippen LogP contribution in [0.25, 0.3) is 0 Å². The molecule has 34 heavy (non-hydrogen) atoms. The van der Waals surface area contributed by atoms with Gasteiger partial charge in [-0.05, 0) is 68.7 Å². The number of hydrogen-bond acceptors (Lipinski definition) is 8. The van der Waals surface area contributed by atoms with Gasteiger partial charge in [-0.1, -0.05) is 0 Å². The van der Waals surface area contributed by atoms with Gasteiger partial charge in [0.2, 0.25) is 5.95 Å². The summed E-state index contributed by atoms with van der Waals surface area (Å²) in [4.78, 5) is 38.7. The quantitative estimate of drug-likeness (QED) is 0.448. The lowest BCUT2D eigenvalue weighted by molar-refractivity contribution is 0.102. The molecule has 0 spiro atoms. The van der Waals surface area contributed by atoms with Crippen molar-refractivity contribution in [2.24, 2.45) is 0 Å². The van der Waals surface area contributed by atoms with E-state index in [0.717, 1.165) is 30.9 Å². The number of nitrogens with zero attached hydrogens (tertiary/aromatic N) is 4. The van der Waals surface area contributed by atoms with E-state index in [4.69, 9.17) is 0 Å². The molecule has 5 rings (SSSR count). The van der Waals surface area contributed by atoms with Gasteiger partial charge in [0.15, 0.2) is 0 Å². The van der Waals surface area contributed by atoms with E-state index in [1.165, 1.54) is 11.3 Å². The molecule has 10 nitrogen and oxygen atoms in total. The lowest BCUT2D eigenvalue weighted by Gasteiger charge is -2.35. The zero-order chi connectivity index (χ0) is 23.7. The lowest BCUT2D eigenvalue weighted by atomic mass is 10.0. The molecule has 2 aliphatic heterocycles. The smallest absolute Gasteiger partial charge is 0.324 e. The van der Waals surface area contributed by atoms with E-state index >= 15 is 0 Å². The van der Waals surface area contributed by atoms with E-state index in [0.29, 0.717) is 40.4 Å². The average molecular weight is 479 g/mol. The highest BCUT2D eigenvalue weighted by Crippen LogP contribution is 2.34. The number of thiophene rings is 1. The third kappa shape index (κ3) is 4.66. The number of carbonyl (C=O) groups excluding carboxylic acids is 2. The van der Waals surface area contributed by atoms with E-state index in [1.807, 2.05) is 24.6 Å². The first-order valence-electron chi connectivity index (χ1n) is 11.1. The van der Waals surface area contributed by atoms with E-state index in [9.17, 15) is 9.59 Å². The van der Waals surface area contributed by atoms with Gasteiger partial charge in [0.05, 0.1) is 16.4 Å². The summed E-state index contributed by atoms with van der Waals surface area (Å²) in [5.41, 5.74) is 2.17. The molecule has 0 saturated carbocycles. The fraction of sp³-hybridized carbons (Fsp3) is 0.304. The van der Waals surface area contributed by atoms with Gasteiger partial charge in [-0.3, -0.25) is 10.1 Å². The Morgan fingerprint density at radius 3 is 2.76 bits per heavy atom. The molecule has 3 amide bonds.